The first-order valence-electron chi connectivity index (χ1n) is 4.26. The van der Waals surface area contributed by atoms with E-state index in [1.54, 1.807) is 0 Å². The summed E-state index contributed by atoms with van der Waals surface area (Å²) in [5.74, 6) is 0.0498. The van der Waals surface area contributed by atoms with Gasteiger partial charge in [0.2, 0.25) is 11.0 Å². The maximum atomic E-state index is 11.3. The highest BCUT2D eigenvalue weighted by atomic mass is 79.9. The van der Waals surface area contributed by atoms with Gasteiger partial charge in [0.15, 0.2) is 3.92 Å². The third-order valence-electron chi connectivity index (χ3n) is 1.92. The zero-order valence-corrected chi connectivity index (χ0v) is 9.77. The van der Waals surface area contributed by atoms with Crippen molar-refractivity contribution in [3.8, 4) is 0 Å². The summed E-state index contributed by atoms with van der Waals surface area (Å²) in [6.07, 6.45) is 0.947. The third kappa shape index (κ3) is 2.21. The summed E-state index contributed by atoms with van der Waals surface area (Å²) >= 11 is 4.70. The molecule has 7 heteroatoms. The van der Waals surface area contributed by atoms with Crippen LogP contribution in [0.3, 0.4) is 0 Å². The van der Waals surface area contributed by atoms with E-state index in [1.807, 2.05) is 4.90 Å². The number of nitrogens with zero attached hydrogens (tertiary/aromatic N) is 3. The van der Waals surface area contributed by atoms with Crippen LogP contribution < -0.4 is 10.2 Å². The third-order valence-corrected chi connectivity index (χ3v) is 3.34. The predicted octanol–water partition coefficient (Wildman–Crippen LogP) is 0.627. The average Bonchev–Trinajstić information content (AvgIpc) is 2.45. The molecule has 1 fully saturated rings. The highest BCUT2D eigenvalue weighted by Crippen LogP contribution is 2.24. The molecule has 2 rings (SSSR count). The van der Waals surface area contributed by atoms with Crippen molar-refractivity contribution >= 4 is 38.3 Å². The van der Waals surface area contributed by atoms with E-state index >= 15 is 0 Å². The summed E-state index contributed by atoms with van der Waals surface area (Å²) in [6, 6.07) is 0. The first-order chi connectivity index (χ1) is 6.75. The number of halogens is 1. The van der Waals surface area contributed by atoms with Crippen LogP contribution in [0.4, 0.5) is 5.13 Å². The van der Waals surface area contributed by atoms with Gasteiger partial charge in [0, 0.05) is 13.1 Å². The van der Waals surface area contributed by atoms with Gasteiger partial charge in [0.05, 0.1) is 6.54 Å². The molecule has 0 bridgehead atoms. The van der Waals surface area contributed by atoms with E-state index < -0.39 is 0 Å². The van der Waals surface area contributed by atoms with Gasteiger partial charge in [-0.1, -0.05) is 11.3 Å². The van der Waals surface area contributed by atoms with Crippen LogP contribution in [0, 0.1) is 0 Å². The van der Waals surface area contributed by atoms with Crippen molar-refractivity contribution in [1.82, 2.24) is 15.5 Å². The molecule has 0 spiro atoms. The second-order valence-electron chi connectivity index (χ2n) is 2.96. The number of rotatable bonds is 1. The highest BCUT2D eigenvalue weighted by molar-refractivity contribution is 9.11. The maximum Gasteiger partial charge on any atom is 0.239 e. The van der Waals surface area contributed by atoms with Crippen LogP contribution >= 0.6 is 27.3 Å². The van der Waals surface area contributed by atoms with E-state index in [2.05, 4.69) is 31.4 Å². The molecule has 1 aromatic heterocycles. The first-order valence-corrected chi connectivity index (χ1v) is 5.87. The van der Waals surface area contributed by atoms with Gasteiger partial charge >= 0.3 is 0 Å². The zero-order valence-electron chi connectivity index (χ0n) is 7.36. The lowest BCUT2D eigenvalue weighted by atomic mass is 10.4. The fraction of sp³-hybridized carbons (Fsp3) is 0.571. The van der Waals surface area contributed by atoms with Crippen molar-refractivity contribution in [3.63, 3.8) is 0 Å². The molecule has 0 aliphatic carbocycles. The lowest BCUT2D eigenvalue weighted by Crippen LogP contribution is -2.32. The number of anilines is 1. The summed E-state index contributed by atoms with van der Waals surface area (Å²) in [4.78, 5) is 13.2. The SMILES string of the molecule is O=C1CN(c2nnc(Br)s2)CCCN1. The Bertz CT molecular complexity index is 342. The minimum Gasteiger partial charge on any atom is -0.354 e. The van der Waals surface area contributed by atoms with Crippen molar-refractivity contribution in [2.24, 2.45) is 0 Å². The van der Waals surface area contributed by atoms with Crippen molar-refractivity contribution in [2.75, 3.05) is 24.5 Å². The highest BCUT2D eigenvalue weighted by Gasteiger charge is 2.17. The fourth-order valence-electron chi connectivity index (χ4n) is 1.30. The Hall–Kier alpha value is -0.690. The van der Waals surface area contributed by atoms with E-state index in [0.29, 0.717) is 6.54 Å². The molecule has 0 atom stereocenters. The topological polar surface area (TPSA) is 58.1 Å². The summed E-state index contributed by atoms with van der Waals surface area (Å²) in [6.45, 7) is 1.97. The molecule has 1 amide bonds. The molecule has 1 aliphatic heterocycles. The second-order valence-corrected chi connectivity index (χ2v) is 5.19. The summed E-state index contributed by atoms with van der Waals surface area (Å²) in [5, 5.41) is 11.5. The lowest BCUT2D eigenvalue weighted by molar-refractivity contribution is -0.119. The first kappa shape index (κ1) is 9.85. The molecular formula is C7H9BrN4OS. The van der Waals surface area contributed by atoms with Gasteiger partial charge in [-0.25, -0.2) is 0 Å². The van der Waals surface area contributed by atoms with E-state index in [4.69, 9.17) is 0 Å². The molecule has 1 aromatic rings. The van der Waals surface area contributed by atoms with Gasteiger partial charge in [-0.15, -0.1) is 10.2 Å². The summed E-state index contributed by atoms with van der Waals surface area (Å²) in [5.41, 5.74) is 0. The largest absolute Gasteiger partial charge is 0.354 e. The van der Waals surface area contributed by atoms with Gasteiger partial charge < -0.3 is 10.2 Å². The monoisotopic (exact) mass is 276 g/mol. The lowest BCUT2D eigenvalue weighted by Gasteiger charge is -2.15. The Morgan fingerprint density at radius 3 is 3.07 bits per heavy atom. The van der Waals surface area contributed by atoms with E-state index in [1.165, 1.54) is 11.3 Å². The Balaban J connectivity index is 2.12. The number of amides is 1. The predicted molar refractivity (Wildman–Crippen MR) is 57.4 cm³/mol. The van der Waals surface area contributed by atoms with Crippen LogP contribution in [0.15, 0.2) is 3.92 Å². The molecule has 1 saturated heterocycles. The van der Waals surface area contributed by atoms with Crippen LogP contribution in [0.25, 0.3) is 0 Å². The van der Waals surface area contributed by atoms with E-state index in [0.717, 1.165) is 28.6 Å². The summed E-state index contributed by atoms with van der Waals surface area (Å²) in [7, 11) is 0. The molecule has 0 unspecified atom stereocenters. The Morgan fingerprint density at radius 1 is 1.50 bits per heavy atom. The zero-order chi connectivity index (χ0) is 9.97. The molecule has 1 aliphatic rings. The van der Waals surface area contributed by atoms with Crippen molar-refractivity contribution < 1.29 is 4.79 Å². The molecule has 0 saturated carbocycles. The molecular weight excluding hydrogens is 268 g/mol. The molecule has 1 N–H and O–H groups in total. The van der Waals surface area contributed by atoms with E-state index in [9.17, 15) is 4.79 Å². The number of carbonyl (C=O) groups excluding carboxylic acids is 1. The molecule has 2 heterocycles. The van der Waals surface area contributed by atoms with Crippen LogP contribution in [-0.2, 0) is 4.79 Å². The normalized spacial score (nSPS) is 17.8. The molecule has 14 heavy (non-hydrogen) atoms. The molecule has 5 nitrogen and oxygen atoms in total. The van der Waals surface area contributed by atoms with Gasteiger partial charge in [-0.3, -0.25) is 4.79 Å². The molecule has 76 valence electrons. The quantitative estimate of drug-likeness (QED) is 0.818. The molecule has 0 aromatic carbocycles. The summed E-state index contributed by atoms with van der Waals surface area (Å²) < 4.78 is 0.747. The maximum absolute atomic E-state index is 11.3. The van der Waals surface area contributed by atoms with Gasteiger partial charge in [-0.2, -0.15) is 0 Å². The van der Waals surface area contributed by atoms with Crippen LogP contribution in [0.1, 0.15) is 6.42 Å². The number of nitrogens with one attached hydrogen (secondary N) is 1. The number of aromatic nitrogens is 2. The fourth-order valence-corrected chi connectivity index (χ4v) is 2.41. The van der Waals surface area contributed by atoms with Crippen molar-refractivity contribution in [1.29, 1.82) is 0 Å². The van der Waals surface area contributed by atoms with Crippen molar-refractivity contribution in [2.45, 2.75) is 6.42 Å². The average molecular weight is 277 g/mol. The standard InChI is InChI=1S/C7H9BrN4OS/c8-6-10-11-7(14-6)12-3-1-2-9-5(13)4-12/h1-4H2,(H,9,13). The number of carbonyl (C=O) groups is 1. The number of hydrogen-bond donors (Lipinski definition) is 1. The van der Waals surface area contributed by atoms with Gasteiger partial charge in [0.25, 0.3) is 0 Å². The minimum atomic E-state index is 0.0498. The molecule has 0 radical (unpaired) electrons. The number of hydrogen-bond acceptors (Lipinski definition) is 5. The van der Waals surface area contributed by atoms with Crippen molar-refractivity contribution in [3.05, 3.63) is 3.92 Å². The van der Waals surface area contributed by atoms with Crippen LogP contribution in [0.2, 0.25) is 0 Å². The smallest absolute Gasteiger partial charge is 0.239 e. The van der Waals surface area contributed by atoms with Crippen LogP contribution in [-0.4, -0.2) is 35.7 Å². The minimum absolute atomic E-state index is 0.0498. The van der Waals surface area contributed by atoms with Crippen LogP contribution in [0.5, 0.6) is 0 Å². The van der Waals surface area contributed by atoms with Gasteiger partial charge in [-0.05, 0) is 22.4 Å². The Kier molecular flexibility index (Phi) is 2.97. The van der Waals surface area contributed by atoms with Gasteiger partial charge in [0.1, 0.15) is 0 Å². The second kappa shape index (κ2) is 4.22. The Labute approximate surface area is 93.6 Å². The Morgan fingerprint density at radius 2 is 2.36 bits per heavy atom. The van der Waals surface area contributed by atoms with E-state index in [-0.39, 0.29) is 5.91 Å².